The third-order valence-corrected chi connectivity index (χ3v) is 2.17. The molecule has 0 spiro atoms. The van der Waals surface area contributed by atoms with Crippen LogP contribution in [0, 0.1) is 0 Å². The first kappa shape index (κ1) is 12.2. The van der Waals surface area contributed by atoms with E-state index in [0.29, 0.717) is 18.8 Å². The molecule has 4 heteroatoms. The Morgan fingerprint density at radius 1 is 1.50 bits per heavy atom. The van der Waals surface area contributed by atoms with Gasteiger partial charge in [0.05, 0.1) is 0 Å². The molecule has 0 saturated carbocycles. The molecule has 0 bridgehead atoms. The van der Waals surface area contributed by atoms with Gasteiger partial charge in [-0.1, -0.05) is 12.2 Å². The number of aromatic nitrogens is 2. The fourth-order valence-corrected chi connectivity index (χ4v) is 1.37. The quantitative estimate of drug-likeness (QED) is 0.683. The normalized spacial score (nSPS) is 9.81. The summed E-state index contributed by atoms with van der Waals surface area (Å²) in [4.78, 5) is 13.6. The van der Waals surface area contributed by atoms with Crippen molar-refractivity contribution in [3.63, 3.8) is 0 Å². The number of carbonyl (C=O) groups excluding carboxylic acids is 1. The zero-order valence-electron chi connectivity index (χ0n) is 9.59. The second kappa shape index (κ2) is 5.90. The lowest BCUT2D eigenvalue weighted by Gasteiger charge is -2.17. The van der Waals surface area contributed by atoms with Crippen molar-refractivity contribution in [1.29, 1.82) is 0 Å². The number of rotatable bonds is 6. The van der Waals surface area contributed by atoms with Crippen LogP contribution in [0.1, 0.15) is 17.4 Å². The van der Waals surface area contributed by atoms with E-state index in [2.05, 4.69) is 18.3 Å². The molecule has 0 atom stereocenters. The maximum atomic E-state index is 12.0. The van der Waals surface area contributed by atoms with Crippen LogP contribution in [0.5, 0.6) is 0 Å². The van der Waals surface area contributed by atoms with Crippen molar-refractivity contribution in [2.45, 2.75) is 13.5 Å². The van der Waals surface area contributed by atoms with Gasteiger partial charge in [-0.25, -0.2) is 0 Å². The van der Waals surface area contributed by atoms with Crippen LogP contribution >= 0.6 is 0 Å². The van der Waals surface area contributed by atoms with Gasteiger partial charge in [-0.15, -0.1) is 13.2 Å². The Hall–Kier alpha value is -1.84. The number of aryl methyl sites for hydroxylation is 1. The van der Waals surface area contributed by atoms with Gasteiger partial charge in [0.25, 0.3) is 5.91 Å². The molecular weight excluding hydrogens is 202 g/mol. The molecule has 86 valence electrons. The molecule has 0 radical (unpaired) electrons. The van der Waals surface area contributed by atoms with Crippen LogP contribution in [-0.4, -0.2) is 33.7 Å². The Bertz CT molecular complexity index is 371. The molecule has 0 aliphatic carbocycles. The summed E-state index contributed by atoms with van der Waals surface area (Å²) < 4.78 is 1.73. The predicted octanol–water partition coefficient (Wildman–Crippen LogP) is 1.72. The molecular formula is C12H17N3O. The average Bonchev–Trinajstić information content (AvgIpc) is 2.76. The first-order valence-electron chi connectivity index (χ1n) is 5.27. The molecule has 0 unspecified atom stereocenters. The lowest BCUT2D eigenvalue weighted by Crippen LogP contribution is -2.31. The summed E-state index contributed by atoms with van der Waals surface area (Å²) in [6.45, 7) is 11.0. The van der Waals surface area contributed by atoms with E-state index < -0.39 is 0 Å². The molecule has 1 aromatic rings. The average molecular weight is 219 g/mol. The van der Waals surface area contributed by atoms with Crippen LogP contribution in [0.2, 0.25) is 0 Å². The summed E-state index contributed by atoms with van der Waals surface area (Å²) in [5, 5.41) is 4.17. The van der Waals surface area contributed by atoms with Crippen molar-refractivity contribution in [1.82, 2.24) is 14.7 Å². The predicted molar refractivity (Wildman–Crippen MR) is 64.2 cm³/mol. The maximum absolute atomic E-state index is 12.0. The highest BCUT2D eigenvalue weighted by atomic mass is 16.2. The molecule has 1 heterocycles. The zero-order valence-corrected chi connectivity index (χ0v) is 9.59. The Balaban J connectivity index is 2.80. The Kier molecular flexibility index (Phi) is 4.51. The smallest absolute Gasteiger partial charge is 0.274 e. The lowest BCUT2D eigenvalue weighted by atomic mass is 10.3. The van der Waals surface area contributed by atoms with Crippen LogP contribution in [0.25, 0.3) is 0 Å². The zero-order chi connectivity index (χ0) is 12.0. The third kappa shape index (κ3) is 2.82. The second-order valence-corrected chi connectivity index (χ2v) is 3.34. The van der Waals surface area contributed by atoms with Gasteiger partial charge in [0, 0.05) is 25.8 Å². The van der Waals surface area contributed by atoms with Gasteiger partial charge in [-0.2, -0.15) is 5.10 Å². The van der Waals surface area contributed by atoms with E-state index in [-0.39, 0.29) is 5.91 Å². The van der Waals surface area contributed by atoms with Crippen molar-refractivity contribution in [3.05, 3.63) is 43.3 Å². The summed E-state index contributed by atoms with van der Waals surface area (Å²) in [7, 11) is 0. The highest BCUT2D eigenvalue weighted by molar-refractivity contribution is 5.92. The van der Waals surface area contributed by atoms with Gasteiger partial charge < -0.3 is 4.90 Å². The SMILES string of the molecule is C=CCN(CC=C)C(=O)c1ccn(CC)n1. The minimum atomic E-state index is -0.0907. The topological polar surface area (TPSA) is 38.1 Å². The number of hydrogen-bond donors (Lipinski definition) is 0. The number of hydrogen-bond acceptors (Lipinski definition) is 2. The lowest BCUT2D eigenvalue weighted by molar-refractivity contribution is 0.0784. The van der Waals surface area contributed by atoms with Crippen molar-refractivity contribution in [2.75, 3.05) is 13.1 Å². The van der Waals surface area contributed by atoms with E-state index in [1.165, 1.54) is 0 Å². The molecule has 0 saturated heterocycles. The Labute approximate surface area is 95.9 Å². The van der Waals surface area contributed by atoms with E-state index in [0.717, 1.165) is 6.54 Å². The van der Waals surface area contributed by atoms with Crippen LogP contribution in [0.4, 0.5) is 0 Å². The Morgan fingerprint density at radius 2 is 2.12 bits per heavy atom. The van der Waals surface area contributed by atoms with Gasteiger partial charge in [0.15, 0.2) is 0 Å². The molecule has 0 N–H and O–H groups in total. The molecule has 1 rings (SSSR count). The molecule has 1 amide bonds. The molecule has 0 aliphatic rings. The van der Waals surface area contributed by atoms with Crippen LogP contribution < -0.4 is 0 Å². The van der Waals surface area contributed by atoms with Crippen LogP contribution in [0.3, 0.4) is 0 Å². The molecule has 16 heavy (non-hydrogen) atoms. The van der Waals surface area contributed by atoms with E-state index in [4.69, 9.17) is 0 Å². The minimum absolute atomic E-state index is 0.0907. The summed E-state index contributed by atoms with van der Waals surface area (Å²) in [6.07, 6.45) is 5.18. The van der Waals surface area contributed by atoms with Crippen LogP contribution in [-0.2, 0) is 6.54 Å². The molecule has 0 aromatic carbocycles. The first-order chi connectivity index (χ1) is 7.72. The van der Waals surface area contributed by atoms with Gasteiger partial charge in [0.2, 0.25) is 0 Å². The molecule has 0 fully saturated rings. The minimum Gasteiger partial charge on any atom is -0.330 e. The highest BCUT2D eigenvalue weighted by Crippen LogP contribution is 2.02. The van der Waals surface area contributed by atoms with Gasteiger partial charge >= 0.3 is 0 Å². The van der Waals surface area contributed by atoms with Gasteiger partial charge in [-0.05, 0) is 13.0 Å². The molecule has 1 aromatic heterocycles. The summed E-state index contributed by atoms with van der Waals surface area (Å²) in [6, 6.07) is 1.73. The fourth-order valence-electron chi connectivity index (χ4n) is 1.37. The van der Waals surface area contributed by atoms with Crippen molar-refractivity contribution in [3.8, 4) is 0 Å². The molecule has 4 nitrogen and oxygen atoms in total. The Morgan fingerprint density at radius 3 is 2.56 bits per heavy atom. The maximum Gasteiger partial charge on any atom is 0.274 e. The van der Waals surface area contributed by atoms with E-state index in [1.54, 1.807) is 34.0 Å². The van der Waals surface area contributed by atoms with Crippen molar-refractivity contribution >= 4 is 5.91 Å². The van der Waals surface area contributed by atoms with Crippen molar-refractivity contribution in [2.24, 2.45) is 0 Å². The van der Waals surface area contributed by atoms with E-state index >= 15 is 0 Å². The van der Waals surface area contributed by atoms with Gasteiger partial charge in [-0.3, -0.25) is 9.48 Å². The fraction of sp³-hybridized carbons (Fsp3) is 0.333. The first-order valence-corrected chi connectivity index (χ1v) is 5.27. The largest absolute Gasteiger partial charge is 0.330 e. The summed E-state index contributed by atoms with van der Waals surface area (Å²) >= 11 is 0. The monoisotopic (exact) mass is 219 g/mol. The second-order valence-electron chi connectivity index (χ2n) is 3.34. The standard InChI is InChI=1S/C12H17N3O/c1-4-8-14(9-5-2)12(16)11-7-10-15(6-3)13-11/h4-5,7,10H,1-2,6,8-9H2,3H3. The molecule has 0 aliphatic heterocycles. The van der Waals surface area contributed by atoms with Crippen molar-refractivity contribution < 1.29 is 4.79 Å². The number of carbonyl (C=O) groups is 1. The highest BCUT2D eigenvalue weighted by Gasteiger charge is 2.15. The van der Waals surface area contributed by atoms with Crippen LogP contribution in [0.15, 0.2) is 37.6 Å². The summed E-state index contributed by atoms with van der Waals surface area (Å²) in [5.41, 5.74) is 0.463. The third-order valence-electron chi connectivity index (χ3n) is 2.17. The summed E-state index contributed by atoms with van der Waals surface area (Å²) in [5.74, 6) is -0.0907. The van der Waals surface area contributed by atoms with E-state index in [1.807, 2.05) is 6.92 Å². The van der Waals surface area contributed by atoms with E-state index in [9.17, 15) is 4.79 Å². The number of nitrogens with zero attached hydrogens (tertiary/aromatic N) is 3. The van der Waals surface area contributed by atoms with Gasteiger partial charge in [0.1, 0.15) is 5.69 Å². The number of amides is 1.